The predicted octanol–water partition coefficient (Wildman–Crippen LogP) is 3.24. The first-order chi connectivity index (χ1) is 14.0. The smallest absolute Gasteiger partial charge is 0.321 e. The predicted molar refractivity (Wildman–Crippen MR) is 112 cm³/mol. The molecule has 0 bridgehead atoms. The molecule has 148 valence electrons. The highest BCUT2D eigenvalue weighted by Crippen LogP contribution is 2.43. The average Bonchev–Trinajstić information content (AvgIpc) is 2.74. The van der Waals surface area contributed by atoms with E-state index in [2.05, 4.69) is 0 Å². The fourth-order valence-corrected chi connectivity index (χ4v) is 3.96. The maximum absolute atomic E-state index is 12.2. The largest absolute Gasteiger partial charge is 0.480 e. The van der Waals surface area contributed by atoms with E-state index in [-0.39, 0.29) is 6.42 Å². The van der Waals surface area contributed by atoms with Crippen molar-refractivity contribution < 1.29 is 14.7 Å². The number of rotatable bonds is 8. The number of likely N-dealkylation sites (N-methyl/N-ethyl adjacent to an activating group) is 1. The quantitative estimate of drug-likeness (QED) is 0.580. The maximum atomic E-state index is 12.2. The summed E-state index contributed by atoms with van der Waals surface area (Å²) in [7, 11) is 1.73. The van der Waals surface area contributed by atoms with Gasteiger partial charge in [0.05, 0.1) is 12.0 Å². The number of carbonyl (C=O) groups excluding carboxylic acids is 1. The SMILES string of the molecule is CN([C@@H](CC(N)=O)C(=O)O)C(c1ccccc1)(c1ccccc1)c1ccccc1. The van der Waals surface area contributed by atoms with Crippen LogP contribution in [0.4, 0.5) is 0 Å². The number of benzene rings is 3. The van der Waals surface area contributed by atoms with Crippen molar-refractivity contribution in [1.82, 2.24) is 4.90 Å². The fourth-order valence-electron chi connectivity index (χ4n) is 3.96. The Labute approximate surface area is 170 Å². The summed E-state index contributed by atoms with van der Waals surface area (Å²) in [5.74, 6) is -1.76. The monoisotopic (exact) mass is 388 g/mol. The van der Waals surface area contributed by atoms with Gasteiger partial charge in [0, 0.05) is 0 Å². The van der Waals surface area contributed by atoms with Crippen LogP contribution in [0, 0.1) is 0 Å². The molecule has 3 rings (SSSR count). The van der Waals surface area contributed by atoms with Crippen molar-refractivity contribution in [3.63, 3.8) is 0 Å². The van der Waals surface area contributed by atoms with Gasteiger partial charge >= 0.3 is 5.97 Å². The number of carboxylic acid groups (broad SMARTS) is 1. The molecule has 5 heteroatoms. The molecule has 0 aliphatic carbocycles. The van der Waals surface area contributed by atoms with Gasteiger partial charge in [-0.25, -0.2) is 0 Å². The second-order valence-electron chi connectivity index (χ2n) is 6.94. The van der Waals surface area contributed by atoms with E-state index in [1.165, 1.54) is 0 Å². The number of hydrogen-bond acceptors (Lipinski definition) is 3. The topological polar surface area (TPSA) is 83.6 Å². The van der Waals surface area contributed by atoms with E-state index in [1.807, 2.05) is 91.0 Å². The van der Waals surface area contributed by atoms with Gasteiger partial charge < -0.3 is 10.8 Å². The molecule has 0 radical (unpaired) electrons. The van der Waals surface area contributed by atoms with Crippen LogP contribution in [0.3, 0.4) is 0 Å². The van der Waals surface area contributed by atoms with Gasteiger partial charge in [0.25, 0.3) is 0 Å². The molecule has 1 atom stereocenters. The van der Waals surface area contributed by atoms with E-state index in [1.54, 1.807) is 11.9 Å². The molecule has 0 spiro atoms. The number of amides is 1. The third-order valence-electron chi connectivity index (χ3n) is 5.25. The summed E-state index contributed by atoms with van der Waals surface area (Å²) >= 11 is 0. The lowest BCUT2D eigenvalue weighted by Gasteiger charge is -2.46. The van der Waals surface area contributed by atoms with Crippen LogP contribution in [0.5, 0.6) is 0 Å². The molecular weight excluding hydrogens is 364 g/mol. The summed E-state index contributed by atoms with van der Waals surface area (Å²) in [6.45, 7) is 0. The Bertz CT molecular complexity index is 863. The second kappa shape index (κ2) is 8.71. The number of carbonyl (C=O) groups is 2. The third-order valence-corrected chi connectivity index (χ3v) is 5.25. The fraction of sp³-hybridized carbons (Fsp3) is 0.167. The average molecular weight is 388 g/mol. The Kier molecular flexibility index (Phi) is 6.10. The summed E-state index contributed by atoms with van der Waals surface area (Å²) in [5, 5.41) is 9.95. The molecule has 0 heterocycles. The molecule has 29 heavy (non-hydrogen) atoms. The Morgan fingerprint density at radius 1 is 0.828 bits per heavy atom. The molecule has 3 aromatic rings. The summed E-state index contributed by atoms with van der Waals surface area (Å²) in [6, 6.07) is 28.0. The van der Waals surface area contributed by atoms with E-state index in [9.17, 15) is 14.7 Å². The zero-order valence-electron chi connectivity index (χ0n) is 16.2. The van der Waals surface area contributed by atoms with Crippen molar-refractivity contribution >= 4 is 11.9 Å². The summed E-state index contributed by atoms with van der Waals surface area (Å²) < 4.78 is 0. The van der Waals surface area contributed by atoms with Gasteiger partial charge in [0.15, 0.2) is 0 Å². The Morgan fingerprint density at radius 2 is 1.17 bits per heavy atom. The molecule has 0 saturated carbocycles. The Morgan fingerprint density at radius 3 is 1.45 bits per heavy atom. The first-order valence-corrected chi connectivity index (χ1v) is 9.38. The zero-order valence-corrected chi connectivity index (χ0v) is 16.2. The van der Waals surface area contributed by atoms with Crippen LogP contribution in [-0.4, -0.2) is 35.0 Å². The first-order valence-electron chi connectivity index (χ1n) is 9.38. The number of carboxylic acids is 1. The minimum atomic E-state index is -1.10. The summed E-state index contributed by atoms with van der Waals surface area (Å²) in [6.07, 6.45) is -0.292. The van der Waals surface area contributed by atoms with Crippen molar-refractivity contribution in [3.8, 4) is 0 Å². The number of nitrogens with zero attached hydrogens (tertiary/aromatic N) is 1. The number of aliphatic carboxylic acids is 1. The van der Waals surface area contributed by atoms with E-state index < -0.39 is 23.5 Å². The molecule has 5 nitrogen and oxygen atoms in total. The van der Waals surface area contributed by atoms with Crippen LogP contribution in [0.25, 0.3) is 0 Å². The van der Waals surface area contributed by atoms with Gasteiger partial charge in [-0.05, 0) is 23.7 Å². The number of hydrogen-bond donors (Lipinski definition) is 2. The van der Waals surface area contributed by atoms with Gasteiger partial charge in [-0.1, -0.05) is 91.0 Å². The molecular formula is C24H24N2O3. The highest BCUT2D eigenvalue weighted by Gasteiger charge is 2.45. The van der Waals surface area contributed by atoms with Gasteiger partial charge in [0.1, 0.15) is 6.04 Å². The molecule has 3 aromatic carbocycles. The molecule has 0 aromatic heterocycles. The van der Waals surface area contributed by atoms with Gasteiger partial charge in [-0.15, -0.1) is 0 Å². The molecule has 3 N–H and O–H groups in total. The molecule has 0 aliphatic rings. The van der Waals surface area contributed by atoms with Crippen LogP contribution in [-0.2, 0) is 15.1 Å². The van der Waals surface area contributed by atoms with Crippen molar-refractivity contribution in [1.29, 1.82) is 0 Å². The van der Waals surface area contributed by atoms with Crippen LogP contribution in [0.2, 0.25) is 0 Å². The number of nitrogens with two attached hydrogens (primary N) is 1. The molecule has 0 fully saturated rings. The van der Waals surface area contributed by atoms with Crippen molar-refractivity contribution in [2.75, 3.05) is 7.05 Å². The van der Waals surface area contributed by atoms with Crippen LogP contribution < -0.4 is 5.73 Å². The zero-order chi connectivity index (χ0) is 20.9. The minimum Gasteiger partial charge on any atom is -0.480 e. The van der Waals surface area contributed by atoms with Crippen LogP contribution >= 0.6 is 0 Å². The second-order valence-corrected chi connectivity index (χ2v) is 6.94. The summed E-state index contributed by atoms with van der Waals surface area (Å²) in [4.78, 5) is 25.6. The molecule has 1 amide bonds. The summed E-state index contributed by atoms with van der Waals surface area (Å²) in [5.41, 5.74) is 7.17. The van der Waals surface area contributed by atoms with E-state index in [0.717, 1.165) is 16.7 Å². The molecule has 0 unspecified atom stereocenters. The van der Waals surface area contributed by atoms with Gasteiger partial charge in [-0.2, -0.15) is 0 Å². The molecule has 0 aliphatic heterocycles. The highest BCUT2D eigenvalue weighted by molar-refractivity contribution is 5.83. The lowest BCUT2D eigenvalue weighted by atomic mass is 9.75. The molecule has 0 saturated heterocycles. The number of primary amides is 1. The van der Waals surface area contributed by atoms with E-state index in [4.69, 9.17) is 5.73 Å². The van der Waals surface area contributed by atoms with Gasteiger partial charge in [0.2, 0.25) is 5.91 Å². The van der Waals surface area contributed by atoms with Crippen LogP contribution in [0.1, 0.15) is 23.1 Å². The normalized spacial score (nSPS) is 12.5. The standard InChI is InChI=1S/C24H24N2O3/c1-26(21(23(28)29)17-22(25)27)24(18-11-5-2-6-12-18,19-13-7-3-8-14-19)20-15-9-4-10-16-20/h2-16,21H,17H2,1H3,(H2,25,27)(H,28,29)/t21-/m0/s1. The maximum Gasteiger partial charge on any atom is 0.321 e. The van der Waals surface area contributed by atoms with Crippen molar-refractivity contribution in [2.45, 2.75) is 18.0 Å². The lowest BCUT2D eigenvalue weighted by Crippen LogP contribution is -2.54. The van der Waals surface area contributed by atoms with E-state index in [0.29, 0.717) is 0 Å². The Balaban J connectivity index is 2.36. The lowest BCUT2D eigenvalue weighted by molar-refractivity contribution is -0.146. The third kappa shape index (κ3) is 3.91. The van der Waals surface area contributed by atoms with E-state index >= 15 is 0 Å². The highest BCUT2D eigenvalue weighted by atomic mass is 16.4. The van der Waals surface area contributed by atoms with Crippen LogP contribution in [0.15, 0.2) is 91.0 Å². The van der Waals surface area contributed by atoms with Gasteiger partial charge in [-0.3, -0.25) is 14.5 Å². The van der Waals surface area contributed by atoms with Crippen molar-refractivity contribution in [3.05, 3.63) is 108 Å². The van der Waals surface area contributed by atoms with Crippen molar-refractivity contribution in [2.24, 2.45) is 5.73 Å². The first kappa shape index (κ1) is 20.3. The Hall–Kier alpha value is -3.44. The minimum absolute atomic E-state index is 0.292.